The van der Waals surface area contributed by atoms with Crippen molar-refractivity contribution in [2.45, 2.75) is 72.6 Å². The number of carbonyl (C=O) groups excluding carboxylic acids is 1. The number of hydrogen-bond donors (Lipinski definition) is 3. The Bertz CT molecular complexity index is 889. The number of aliphatic hydroxyl groups is 1. The summed E-state index contributed by atoms with van der Waals surface area (Å²) in [5.74, 6) is -1.68. The van der Waals surface area contributed by atoms with Crippen LogP contribution in [0.15, 0.2) is 36.4 Å². The Labute approximate surface area is 190 Å². The molecule has 0 unspecified atom stereocenters. The summed E-state index contributed by atoms with van der Waals surface area (Å²) in [6.07, 6.45) is 1.12. The molecule has 2 aromatic rings. The molecule has 0 saturated heterocycles. The molecule has 2 aromatic carbocycles. The molecular formula is C26H36F2N2O2. The SMILES string of the molecule is CCc1cc(CNC[C@@H](O)[C@H](Cc2cc(F)cc(F)c2)NC(C)=O)cc(CC(C)(C)C)c1. The average Bonchev–Trinajstić information content (AvgIpc) is 2.64. The maximum absolute atomic E-state index is 13.5. The van der Waals surface area contributed by atoms with Crippen molar-refractivity contribution in [2.24, 2.45) is 5.41 Å². The standard InChI is InChI=1S/C26H36F2N2O2/c1-6-18-7-20(14-26(3,4)5)9-21(8-18)15-29-16-25(32)24(30-17(2)31)12-19-10-22(27)13-23(28)11-19/h7-11,13,24-25,29,32H,6,12,14-16H2,1-5H3,(H,30,31)/t24-,25+/m0/s1. The van der Waals surface area contributed by atoms with Gasteiger partial charge in [-0.3, -0.25) is 4.79 Å². The minimum Gasteiger partial charge on any atom is -0.390 e. The zero-order valence-corrected chi connectivity index (χ0v) is 19.8. The van der Waals surface area contributed by atoms with Crippen LogP contribution in [0.5, 0.6) is 0 Å². The predicted octanol–water partition coefficient (Wildman–Crippen LogP) is 4.31. The van der Waals surface area contributed by atoms with E-state index in [0.717, 1.165) is 24.5 Å². The fourth-order valence-electron chi connectivity index (χ4n) is 3.89. The molecule has 1 amide bonds. The van der Waals surface area contributed by atoms with Crippen molar-refractivity contribution in [2.75, 3.05) is 6.54 Å². The largest absolute Gasteiger partial charge is 0.390 e. The lowest BCUT2D eigenvalue weighted by Crippen LogP contribution is -2.48. The number of amides is 1. The monoisotopic (exact) mass is 446 g/mol. The predicted molar refractivity (Wildman–Crippen MR) is 124 cm³/mol. The van der Waals surface area contributed by atoms with Gasteiger partial charge in [-0.15, -0.1) is 0 Å². The first kappa shape index (κ1) is 25.9. The number of nitrogens with one attached hydrogen (secondary N) is 2. The van der Waals surface area contributed by atoms with Crippen LogP contribution in [-0.2, 0) is 30.6 Å². The van der Waals surface area contributed by atoms with Gasteiger partial charge in [-0.2, -0.15) is 0 Å². The fourth-order valence-corrected chi connectivity index (χ4v) is 3.89. The summed E-state index contributed by atoms with van der Waals surface area (Å²) < 4.78 is 27.1. The molecule has 0 fully saturated rings. The Balaban J connectivity index is 2.04. The summed E-state index contributed by atoms with van der Waals surface area (Å²) in [6, 6.07) is 9.15. The third-order valence-electron chi connectivity index (χ3n) is 5.17. The Morgan fingerprint density at radius 2 is 1.56 bits per heavy atom. The molecule has 176 valence electrons. The zero-order chi connectivity index (χ0) is 23.9. The maximum Gasteiger partial charge on any atom is 0.217 e. The van der Waals surface area contributed by atoms with Gasteiger partial charge >= 0.3 is 0 Å². The molecule has 0 aliphatic rings. The van der Waals surface area contributed by atoms with E-state index in [1.165, 1.54) is 30.2 Å². The van der Waals surface area contributed by atoms with E-state index >= 15 is 0 Å². The van der Waals surface area contributed by atoms with E-state index in [1.54, 1.807) is 0 Å². The van der Waals surface area contributed by atoms with E-state index in [1.807, 2.05) is 0 Å². The average molecular weight is 447 g/mol. The lowest BCUT2D eigenvalue weighted by Gasteiger charge is -2.24. The van der Waals surface area contributed by atoms with Crippen molar-refractivity contribution < 1.29 is 18.7 Å². The van der Waals surface area contributed by atoms with Gasteiger partial charge in [-0.25, -0.2) is 8.78 Å². The van der Waals surface area contributed by atoms with Gasteiger partial charge in [-0.05, 0) is 59.1 Å². The van der Waals surface area contributed by atoms with Crippen molar-refractivity contribution in [3.05, 3.63) is 70.3 Å². The molecule has 0 spiro atoms. The summed E-state index contributed by atoms with van der Waals surface area (Å²) in [5, 5.41) is 16.6. The van der Waals surface area contributed by atoms with Crippen LogP contribution in [0.25, 0.3) is 0 Å². The molecular weight excluding hydrogens is 410 g/mol. The maximum atomic E-state index is 13.5. The first-order valence-corrected chi connectivity index (χ1v) is 11.2. The van der Waals surface area contributed by atoms with Gasteiger partial charge in [0.25, 0.3) is 0 Å². The Morgan fingerprint density at radius 3 is 2.12 bits per heavy atom. The minimum atomic E-state index is -0.923. The van der Waals surface area contributed by atoms with E-state index in [9.17, 15) is 18.7 Å². The van der Waals surface area contributed by atoms with Crippen molar-refractivity contribution >= 4 is 5.91 Å². The molecule has 0 aliphatic heterocycles. The lowest BCUT2D eigenvalue weighted by molar-refractivity contribution is -0.120. The van der Waals surface area contributed by atoms with Crippen LogP contribution in [0, 0.1) is 17.0 Å². The Hall–Kier alpha value is -2.31. The number of aliphatic hydroxyl groups excluding tert-OH is 1. The smallest absolute Gasteiger partial charge is 0.217 e. The number of halogens is 2. The molecule has 4 nitrogen and oxygen atoms in total. The first-order valence-electron chi connectivity index (χ1n) is 11.2. The number of benzene rings is 2. The molecule has 2 atom stereocenters. The van der Waals surface area contributed by atoms with Crippen molar-refractivity contribution in [3.63, 3.8) is 0 Å². The number of aryl methyl sites for hydroxylation is 1. The highest BCUT2D eigenvalue weighted by molar-refractivity contribution is 5.73. The van der Waals surface area contributed by atoms with Crippen LogP contribution < -0.4 is 10.6 Å². The molecule has 0 radical (unpaired) electrons. The summed E-state index contributed by atoms with van der Waals surface area (Å²) in [7, 11) is 0. The van der Waals surface area contributed by atoms with E-state index in [0.29, 0.717) is 12.1 Å². The van der Waals surface area contributed by atoms with Crippen molar-refractivity contribution in [3.8, 4) is 0 Å². The minimum absolute atomic E-state index is 0.123. The molecule has 2 rings (SSSR count). The van der Waals surface area contributed by atoms with Crippen LogP contribution in [0.2, 0.25) is 0 Å². The van der Waals surface area contributed by atoms with Gasteiger partial charge in [0.05, 0.1) is 12.1 Å². The first-order chi connectivity index (χ1) is 14.9. The second-order valence-corrected chi connectivity index (χ2v) is 9.74. The molecule has 0 saturated carbocycles. The van der Waals surface area contributed by atoms with Crippen LogP contribution in [0.3, 0.4) is 0 Å². The van der Waals surface area contributed by atoms with Crippen LogP contribution in [-0.4, -0.2) is 29.7 Å². The fraction of sp³-hybridized carbons (Fsp3) is 0.500. The lowest BCUT2D eigenvalue weighted by atomic mass is 9.87. The number of rotatable bonds is 10. The summed E-state index contributed by atoms with van der Waals surface area (Å²) in [4.78, 5) is 11.6. The topological polar surface area (TPSA) is 61.4 Å². The third kappa shape index (κ3) is 9.05. The van der Waals surface area contributed by atoms with Crippen LogP contribution >= 0.6 is 0 Å². The highest BCUT2D eigenvalue weighted by atomic mass is 19.1. The third-order valence-corrected chi connectivity index (χ3v) is 5.17. The quantitative estimate of drug-likeness (QED) is 0.510. The molecule has 0 heterocycles. The van der Waals surface area contributed by atoms with Crippen LogP contribution in [0.4, 0.5) is 8.78 Å². The summed E-state index contributed by atoms with van der Waals surface area (Å²) >= 11 is 0. The molecule has 6 heteroatoms. The Morgan fingerprint density at radius 1 is 0.969 bits per heavy atom. The van der Waals surface area contributed by atoms with E-state index in [4.69, 9.17) is 0 Å². The normalized spacial score (nSPS) is 13.6. The van der Waals surface area contributed by atoms with Crippen molar-refractivity contribution in [1.29, 1.82) is 0 Å². The van der Waals surface area contributed by atoms with Gasteiger partial charge in [0, 0.05) is 26.1 Å². The second kappa shape index (κ2) is 11.5. The number of carbonyl (C=O) groups is 1. The summed E-state index contributed by atoms with van der Waals surface area (Å²) in [5.41, 5.74) is 4.27. The molecule has 32 heavy (non-hydrogen) atoms. The van der Waals surface area contributed by atoms with Gasteiger partial charge in [0.15, 0.2) is 0 Å². The van der Waals surface area contributed by atoms with Crippen LogP contribution in [0.1, 0.15) is 56.9 Å². The molecule has 0 aliphatic carbocycles. The van der Waals surface area contributed by atoms with E-state index < -0.39 is 23.8 Å². The van der Waals surface area contributed by atoms with Gasteiger partial charge < -0.3 is 15.7 Å². The molecule has 0 bridgehead atoms. The van der Waals surface area contributed by atoms with Gasteiger partial charge in [0.2, 0.25) is 5.91 Å². The van der Waals surface area contributed by atoms with E-state index in [-0.39, 0.29) is 24.3 Å². The molecule has 0 aromatic heterocycles. The molecule has 3 N–H and O–H groups in total. The highest BCUT2D eigenvalue weighted by Gasteiger charge is 2.21. The second-order valence-electron chi connectivity index (χ2n) is 9.74. The Kier molecular flexibility index (Phi) is 9.34. The van der Waals surface area contributed by atoms with Crippen molar-refractivity contribution in [1.82, 2.24) is 10.6 Å². The van der Waals surface area contributed by atoms with Gasteiger partial charge in [0.1, 0.15) is 11.6 Å². The van der Waals surface area contributed by atoms with Gasteiger partial charge in [-0.1, -0.05) is 45.9 Å². The van der Waals surface area contributed by atoms with E-state index in [2.05, 4.69) is 56.5 Å². The zero-order valence-electron chi connectivity index (χ0n) is 19.8. The summed E-state index contributed by atoms with van der Waals surface area (Å²) in [6.45, 7) is 10.9. The number of hydrogen-bond acceptors (Lipinski definition) is 3. The highest BCUT2D eigenvalue weighted by Crippen LogP contribution is 2.22.